The molecule has 8 heteroatoms. The van der Waals surface area contributed by atoms with Gasteiger partial charge in [0, 0.05) is 12.2 Å². The fraction of sp³-hybridized carbons (Fsp3) is 0.429. The zero-order valence-corrected chi connectivity index (χ0v) is 13.8. The molecule has 1 heterocycles. The van der Waals surface area contributed by atoms with Gasteiger partial charge in [-0.05, 0) is 37.1 Å². The summed E-state index contributed by atoms with van der Waals surface area (Å²) in [5, 5.41) is 2.72. The highest BCUT2D eigenvalue weighted by Gasteiger charge is 2.28. The van der Waals surface area contributed by atoms with Gasteiger partial charge in [0.1, 0.15) is 0 Å². The van der Waals surface area contributed by atoms with Crippen molar-refractivity contribution in [2.45, 2.75) is 25.4 Å². The molecule has 1 unspecified atom stereocenters. The van der Waals surface area contributed by atoms with E-state index in [1.54, 1.807) is 0 Å². The lowest BCUT2D eigenvalue weighted by atomic mass is 10.1. The molecule has 1 aliphatic heterocycles. The molecule has 1 atom stereocenters. The number of rotatable bonds is 5. The van der Waals surface area contributed by atoms with Gasteiger partial charge < -0.3 is 16.8 Å². The lowest BCUT2D eigenvalue weighted by Crippen LogP contribution is -2.39. The van der Waals surface area contributed by atoms with E-state index in [0.717, 1.165) is 24.9 Å². The fourth-order valence-electron chi connectivity index (χ4n) is 2.53. The molecule has 1 aromatic carbocycles. The number of nitrogens with zero attached hydrogens (tertiary/aromatic N) is 1. The first-order valence-electron chi connectivity index (χ1n) is 6.72. The summed E-state index contributed by atoms with van der Waals surface area (Å²) < 4.78 is 0. The normalized spacial score (nSPS) is 17.2. The number of amides is 2. The summed E-state index contributed by atoms with van der Waals surface area (Å²) in [6.07, 6.45) is 1.80. The molecule has 2 rings (SSSR count). The van der Waals surface area contributed by atoms with Gasteiger partial charge >= 0.3 is 0 Å². The number of primary amides is 1. The molecule has 0 aromatic heterocycles. The Kier molecular flexibility index (Phi) is 9.04. The topological polar surface area (TPSA) is 101 Å². The molecule has 1 fully saturated rings. The molecule has 0 bridgehead atoms. The highest BCUT2D eigenvalue weighted by Crippen LogP contribution is 2.21. The number of hydrogen-bond acceptors (Lipinski definition) is 4. The molecule has 6 nitrogen and oxygen atoms in total. The Morgan fingerprint density at radius 2 is 2.05 bits per heavy atom. The lowest BCUT2D eigenvalue weighted by Gasteiger charge is -2.22. The van der Waals surface area contributed by atoms with Gasteiger partial charge in [-0.25, -0.2) is 0 Å². The summed E-state index contributed by atoms with van der Waals surface area (Å²) in [5.41, 5.74) is 12.4. The van der Waals surface area contributed by atoms with E-state index in [0.29, 0.717) is 12.2 Å². The van der Waals surface area contributed by atoms with Crippen molar-refractivity contribution in [1.29, 1.82) is 0 Å². The predicted molar refractivity (Wildman–Crippen MR) is 91.2 cm³/mol. The summed E-state index contributed by atoms with van der Waals surface area (Å²) in [5.74, 6) is -0.492. The minimum absolute atomic E-state index is 0. The molecule has 22 heavy (non-hydrogen) atoms. The quantitative estimate of drug-likeness (QED) is 0.734. The Balaban J connectivity index is 0.00000220. The second-order valence-electron chi connectivity index (χ2n) is 4.98. The number of carbonyl (C=O) groups excluding carboxylic acids is 2. The third-order valence-electron chi connectivity index (χ3n) is 3.47. The van der Waals surface area contributed by atoms with Crippen LogP contribution in [0.4, 0.5) is 5.69 Å². The number of benzene rings is 1. The maximum atomic E-state index is 11.4. The van der Waals surface area contributed by atoms with E-state index in [9.17, 15) is 9.59 Å². The van der Waals surface area contributed by atoms with Crippen LogP contribution in [0.2, 0.25) is 0 Å². The number of likely N-dealkylation sites (tertiary alicyclic amines) is 1. The molecule has 2 amide bonds. The fourth-order valence-corrected chi connectivity index (χ4v) is 2.53. The van der Waals surface area contributed by atoms with E-state index in [1.165, 1.54) is 0 Å². The first kappa shape index (κ1) is 20.7. The summed E-state index contributed by atoms with van der Waals surface area (Å²) in [6, 6.07) is 7.36. The number of anilines is 1. The van der Waals surface area contributed by atoms with Crippen LogP contribution >= 0.6 is 24.8 Å². The van der Waals surface area contributed by atoms with Gasteiger partial charge in [-0.15, -0.1) is 24.8 Å². The van der Waals surface area contributed by atoms with E-state index in [-0.39, 0.29) is 49.2 Å². The molecule has 1 aromatic rings. The van der Waals surface area contributed by atoms with E-state index < -0.39 is 0 Å². The summed E-state index contributed by atoms with van der Waals surface area (Å²) in [6.45, 7) is 1.48. The first-order valence-corrected chi connectivity index (χ1v) is 6.72. The second-order valence-corrected chi connectivity index (χ2v) is 4.98. The summed E-state index contributed by atoms with van der Waals surface area (Å²) >= 11 is 0. The van der Waals surface area contributed by atoms with Gasteiger partial charge in [-0.3, -0.25) is 14.5 Å². The largest absolute Gasteiger partial charge is 0.368 e. The molecule has 5 N–H and O–H groups in total. The Bertz CT molecular complexity index is 513. The highest BCUT2D eigenvalue weighted by atomic mass is 35.5. The maximum Gasteiger partial charge on any atom is 0.238 e. The zero-order valence-electron chi connectivity index (χ0n) is 12.2. The van der Waals surface area contributed by atoms with Crippen LogP contribution in [0.15, 0.2) is 24.3 Å². The van der Waals surface area contributed by atoms with Gasteiger partial charge in [-0.2, -0.15) is 0 Å². The van der Waals surface area contributed by atoms with Crippen molar-refractivity contribution in [3.8, 4) is 0 Å². The standard InChI is InChI=1S/C14H20N4O2.2ClH/c15-8-13(19)17-11-4-1-3-10(7-11)9-18-6-2-5-12(18)14(16)20;;/h1,3-4,7,12H,2,5-6,8-9,15H2,(H2,16,20)(H,17,19);2*1H. The Hall–Kier alpha value is -1.34. The molecule has 0 spiro atoms. The van der Waals surface area contributed by atoms with E-state index in [4.69, 9.17) is 11.5 Å². The minimum atomic E-state index is -0.268. The molecule has 0 aliphatic carbocycles. The Morgan fingerprint density at radius 1 is 1.32 bits per heavy atom. The van der Waals surface area contributed by atoms with Crippen molar-refractivity contribution < 1.29 is 9.59 Å². The molecular formula is C14H22Cl2N4O2. The molecular weight excluding hydrogens is 327 g/mol. The Morgan fingerprint density at radius 3 is 2.68 bits per heavy atom. The third kappa shape index (κ3) is 5.46. The van der Waals surface area contributed by atoms with E-state index in [2.05, 4.69) is 10.2 Å². The number of nitrogens with one attached hydrogen (secondary N) is 1. The SMILES string of the molecule is Cl.Cl.NCC(=O)Nc1cccc(CN2CCCC2C(N)=O)c1. The molecule has 124 valence electrons. The highest BCUT2D eigenvalue weighted by molar-refractivity contribution is 5.92. The van der Waals surface area contributed by atoms with Crippen LogP contribution in [0.1, 0.15) is 18.4 Å². The van der Waals surface area contributed by atoms with Crippen LogP contribution in [-0.2, 0) is 16.1 Å². The smallest absolute Gasteiger partial charge is 0.238 e. The van der Waals surface area contributed by atoms with Gasteiger partial charge in [0.2, 0.25) is 11.8 Å². The number of nitrogens with two attached hydrogens (primary N) is 2. The van der Waals surface area contributed by atoms with Crippen molar-refractivity contribution in [2.75, 3.05) is 18.4 Å². The van der Waals surface area contributed by atoms with Crippen LogP contribution < -0.4 is 16.8 Å². The number of hydrogen-bond donors (Lipinski definition) is 3. The van der Waals surface area contributed by atoms with Crippen molar-refractivity contribution in [3.05, 3.63) is 29.8 Å². The van der Waals surface area contributed by atoms with Crippen LogP contribution in [0.5, 0.6) is 0 Å². The summed E-state index contributed by atoms with van der Waals surface area (Å²) in [4.78, 5) is 24.7. The van der Waals surface area contributed by atoms with Crippen molar-refractivity contribution in [3.63, 3.8) is 0 Å². The van der Waals surface area contributed by atoms with Crippen LogP contribution in [0.25, 0.3) is 0 Å². The van der Waals surface area contributed by atoms with Crippen LogP contribution in [-0.4, -0.2) is 35.8 Å². The molecule has 1 saturated heterocycles. The van der Waals surface area contributed by atoms with E-state index >= 15 is 0 Å². The second kappa shape index (κ2) is 9.63. The van der Waals surface area contributed by atoms with E-state index in [1.807, 2.05) is 24.3 Å². The Labute approximate surface area is 142 Å². The van der Waals surface area contributed by atoms with Gasteiger partial charge in [0.15, 0.2) is 0 Å². The summed E-state index contributed by atoms with van der Waals surface area (Å²) in [7, 11) is 0. The zero-order chi connectivity index (χ0) is 14.5. The molecule has 1 aliphatic rings. The maximum absolute atomic E-state index is 11.4. The number of halogens is 2. The van der Waals surface area contributed by atoms with Crippen molar-refractivity contribution in [2.24, 2.45) is 11.5 Å². The predicted octanol–water partition coefficient (Wildman–Crippen LogP) is 0.877. The average molecular weight is 349 g/mol. The third-order valence-corrected chi connectivity index (χ3v) is 3.47. The van der Waals surface area contributed by atoms with Gasteiger partial charge in [0.25, 0.3) is 0 Å². The number of carbonyl (C=O) groups is 2. The minimum Gasteiger partial charge on any atom is -0.368 e. The van der Waals surface area contributed by atoms with Crippen LogP contribution in [0, 0.1) is 0 Å². The average Bonchev–Trinajstić information content (AvgIpc) is 2.87. The van der Waals surface area contributed by atoms with Gasteiger partial charge in [-0.1, -0.05) is 12.1 Å². The van der Waals surface area contributed by atoms with Gasteiger partial charge in [0.05, 0.1) is 12.6 Å². The molecule has 0 radical (unpaired) electrons. The van der Waals surface area contributed by atoms with Crippen molar-refractivity contribution in [1.82, 2.24) is 4.90 Å². The lowest BCUT2D eigenvalue weighted by molar-refractivity contribution is -0.122. The van der Waals surface area contributed by atoms with Crippen LogP contribution in [0.3, 0.4) is 0 Å². The first-order chi connectivity index (χ1) is 9.60. The monoisotopic (exact) mass is 348 g/mol. The molecule has 0 saturated carbocycles. The van der Waals surface area contributed by atoms with Crippen molar-refractivity contribution >= 4 is 42.3 Å².